The van der Waals surface area contributed by atoms with Crippen LogP contribution in [0.15, 0.2) is 21.4 Å². The van der Waals surface area contributed by atoms with Crippen molar-refractivity contribution in [2.75, 3.05) is 7.05 Å². The van der Waals surface area contributed by atoms with Gasteiger partial charge in [0, 0.05) is 0 Å². The first kappa shape index (κ1) is 11.8. The molecule has 0 aliphatic carbocycles. The van der Waals surface area contributed by atoms with Crippen LogP contribution in [0.4, 0.5) is 0 Å². The van der Waals surface area contributed by atoms with Gasteiger partial charge in [-0.15, -0.1) is 10.2 Å². The van der Waals surface area contributed by atoms with Crippen LogP contribution in [-0.4, -0.2) is 17.2 Å². The standard InChI is InChI=1S/C10H12BrN3OS/c1-3-7(12-2)10-14-13-9(16-10)6-4-5-15-8(6)11/h4-5,7,12H,3H2,1-2H3. The Morgan fingerprint density at radius 3 is 2.94 bits per heavy atom. The summed E-state index contributed by atoms with van der Waals surface area (Å²) >= 11 is 4.93. The maximum absolute atomic E-state index is 5.18. The van der Waals surface area contributed by atoms with E-state index in [1.807, 2.05) is 13.1 Å². The molecular weight excluding hydrogens is 290 g/mol. The van der Waals surface area contributed by atoms with Gasteiger partial charge in [-0.25, -0.2) is 0 Å². The second-order valence-corrected chi connectivity index (χ2v) is 5.03. The summed E-state index contributed by atoms with van der Waals surface area (Å²) in [5.41, 5.74) is 0.953. The molecule has 4 nitrogen and oxygen atoms in total. The molecule has 16 heavy (non-hydrogen) atoms. The minimum atomic E-state index is 0.275. The molecule has 1 N–H and O–H groups in total. The zero-order valence-corrected chi connectivity index (χ0v) is 11.4. The first-order chi connectivity index (χ1) is 7.76. The van der Waals surface area contributed by atoms with E-state index < -0.39 is 0 Å². The summed E-state index contributed by atoms with van der Waals surface area (Å²) in [6.07, 6.45) is 2.63. The Morgan fingerprint density at radius 1 is 1.56 bits per heavy atom. The molecule has 6 heteroatoms. The average molecular weight is 302 g/mol. The molecular formula is C10H12BrN3OS. The van der Waals surface area contributed by atoms with E-state index in [1.54, 1.807) is 17.6 Å². The zero-order valence-electron chi connectivity index (χ0n) is 9.03. The number of aromatic nitrogens is 2. The quantitative estimate of drug-likeness (QED) is 0.942. The molecule has 0 spiro atoms. The predicted molar refractivity (Wildman–Crippen MR) is 67.4 cm³/mol. The van der Waals surface area contributed by atoms with Crippen molar-refractivity contribution in [3.8, 4) is 10.6 Å². The van der Waals surface area contributed by atoms with Crippen LogP contribution in [0.1, 0.15) is 24.4 Å². The number of hydrogen-bond acceptors (Lipinski definition) is 5. The van der Waals surface area contributed by atoms with Crippen molar-refractivity contribution in [2.24, 2.45) is 0 Å². The second-order valence-electron chi connectivity index (χ2n) is 3.30. The van der Waals surface area contributed by atoms with E-state index in [1.165, 1.54) is 0 Å². The van der Waals surface area contributed by atoms with E-state index in [-0.39, 0.29) is 6.04 Å². The SMILES string of the molecule is CCC(NC)c1nnc(-c2ccoc2Br)s1. The van der Waals surface area contributed by atoms with E-state index in [9.17, 15) is 0 Å². The van der Waals surface area contributed by atoms with Gasteiger partial charge in [0.25, 0.3) is 0 Å². The van der Waals surface area contributed by atoms with Gasteiger partial charge >= 0.3 is 0 Å². The number of rotatable bonds is 4. The van der Waals surface area contributed by atoms with Crippen LogP contribution in [0.2, 0.25) is 0 Å². The largest absolute Gasteiger partial charge is 0.457 e. The van der Waals surface area contributed by atoms with Crippen LogP contribution in [0.5, 0.6) is 0 Å². The Bertz CT molecular complexity index is 464. The van der Waals surface area contributed by atoms with Gasteiger partial charge < -0.3 is 9.73 Å². The minimum absolute atomic E-state index is 0.275. The van der Waals surface area contributed by atoms with Gasteiger partial charge in [0.15, 0.2) is 9.68 Å². The maximum atomic E-state index is 5.18. The van der Waals surface area contributed by atoms with Gasteiger partial charge in [-0.3, -0.25) is 0 Å². The molecule has 0 aliphatic heterocycles. The summed E-state index contributed by atoms with van der Waals surface area (Å²) in [4.78, 5) is 0. The predicted octanol–water partition coefficient (Wildman–Crippen LogP) is 3.23. The lowest BCUT2D eigenvalue weighted by atomic mass is 10.2. The average Bonchev–Trinajstić information content (AvgIpc) is 2.89. The number of nitrogens with zero attached hydrogens (tertiary/aromatic N) is 2. The van der Waals surface area contributed by atoms with Crippen LogP contribution in [0, 0.1) is 0 Å². The van der Waals surface area contributed by atoms with Crippen molar-refractivity contribution >= 4 is 27.3 Å². The third kappa shape index (κ3) is 2.18. The fraction of sp³-hybridized carbons (Fsp3) is 0.400. The molecule has 1 atom stereocenters. The summed E-state index contributed by atoms with van der Waals surface area (Å²) in [5, 5.41) is 13.5. The van der Waals surface area contributed by atoms with E-state index in [2.05, 4.69) is 38.4 Å². The molecule has 0 fully saturated rings. The van der Waals surface area contributed by atoms with Gasteiger partial charge in [0.05, 0.1) is 17.9 Å². The Labute approximate surface area is 106 Å². The first-order valence-electron chi connectivity index (χ1n) is 5.00. The maximum Gasteiger partial charge on any atom is 0.179 e. The molecule has 2 heterocycles. The molecule has 0 aliphatic rings. The summed E-state index contributed by atoms with van der Waals surface area (Å²) < 4.78 is 5.88. The highest BCUT2D eigenvalue weighted by Gasteiger charge is 2.16. The van der Waals surface area contributed by atoms with Crippen LogP contribution in [-0.2, 0) is 0 Å². The monoisotopic (exact) mass is 301 g/mol. The van der Waals surface area contributed by atoms with Crippen LogP contribution in [0.3, 0.4) is 0 Å². The molecule has 0 bridgehead atoms. The fourth-order valence-electron chi connectivity index (χ4n) is 1.43. The van der Waals surface area contributed by atoms with E-state index in [4.69, 9.17) is 4.42 Å². The lowest BCUT2D eigenvalue weighted by Crippen LogP contribution is -2.14. The lowest BCUT2D eigenvalue weighted by molar-refractivity contribution is 0.542. The summed E-state index contributed by atoms with van der Waals surface area (Å²) in [6, 6.07) is 2.16. The topological polar surface area (TPSA) is 51.0 Å². The second kappa shape index (κ2) is 5.07. The summed E-state index contributed by atoms with van der Waals surface area (Å²) in [5.74, 6) is 0. The molecule has 2 aromatic heterocycles. The van der Waals surface area contributed by atoms with Crippen LogP contribution < -0.4 is 5.32 Å². The van der Waals surface area contributed by atoms with Gasteiger partial charge in [-0.05, 0) is 35.5 Å². The van der Waals surface area contributed by atoms with Crippen molar-refractivity contribution in [3.05, 3.63) is 22.0 Å². The zero-order chi connectivity index (χ0) is 11.5. The molecule has 0 amide bonds. The van der Waals surface area contributed by atoms with Gasteiger partial charge in [-0.1, -0.05) is 18.3 Å². The number of halogens is 1. The van der Waals surface area contributed by atoms with Gasteiger partial charge in [0.1, 0.15) is 5.01 Å². The van der Waals surface area contributed by atoms with Crippen molar-refractivity contribution in [1.29, 1.82) is 0 Å². The van der Waals surface area contributed by atoms with Crippen LogP contribution >= 0.6 is 27.3 Å². The number of nitrogens with one attached hydrogen (secondary N) is 1. The Hall–Kier alpha value is -0.720. The van der Waals surface area contributed by atoms with Crippen LogP contribution in [0.25, 0.3) is 10.6 Å². The van der Waals surface area contributed by atoms with E-state index >= 15 is 0 Å². The highest BCUT2D eigenvalue weighted by atomic mass is 79.9. The Kier molecular flexibility index (Phi) is 3.73. The molecule has 1 unspecified atom stereocenters. The van der Waals surface area contributed by atoms with E-state index in [0.29, 0.717) is 4.67 Å². The van der Waals surface area contributed by atoms with Gasteiger partial charge in [-0.2, -0.15) is 0 Å². The van der Waals surface area contributed by atoms with Crippen molar-refractivity contribution in [3.63, 3.8) is 0 Å². The first-order valence-corrected chi connectivity index (χ1v) is 6.61. The Balaban J connectivity index is 2.29. The lowest BCUT2D eigenvalue weighted by Gasteiger charge is -2.07. The molecule has 2 rings (SSSR count). The third-order valence-corrected chi connectivity index (χ3v) is 4.03. The smallest absolute Gasteiger partial charge is 0.179 e. The Morgan fingerprint density at radius 2 is 2.38 bits per heavy atom. The highest BCUT2D eigenvalue weighted by molar-refractivity contribution is 9.10. The molecule has 0 saturated carbocycles. The minimum Gasteiger partial charge on any atom is -0.457 e. The summed E-state index contributed by atoms with van der Waals surface area (Å²) in [7, 11) is 1.93. The fourth-order valence-corrected chi connectivity index (χ4v) is 3.05. The number of furan rings is 1. The van der Waals surface area contributed by atoms with Crippen molar-refractivity contribution < 1.29 is 4.42 Å². The summed E-state index contributed by atoms with van der Waals surface area (Å²) in [6.45, 7) is 2.12. The van der Waals surface area contributed by atoms with E-state index in [0.717, 1.165) is 22.0 Å². The third-order valence-electron chi connectivity index (χ3n) is 2.34. The molecule has 0 radical (unpaired) electrons. The highest BCUT2D eigenvalue weighted by Crippen LogP contribution is 2.33. The van der Waals surface area contributed by atoms with Gasteiger partial charge in [0.2, 0.25) is 0 Å². The molecule has 0 saturated heterocycles. The molecule has 86 valence electrons. The molecule has 2 aromatic rings. The van der Waals surface area contributed by atoms with Crippen molar-refractivity contribution in [2.45, 2.75) is 19.4 Å². The van der Waals surface area contributed by atoms with Crippen molar-refractivity contribution in [1.82, 2.24) is 15.5 Å². The normalized spacial score (nSPS) is 12.9. The number of hydrogen-bond donors (Lipinski definition) is 1. The molecule has 0 aromatic carbocycles.